The highest BCUT2D eigenvalue weighted by molar-refractivity contribution is 8.16. The molecule has 1 amide bonds. The number of thioether (sulfide) groups is 1. The first-order chi connectivity index (χ1) is 15.8. The lowest BCUT2D eigenvalue weighted by atomic mass is 9.93. The molecule has 3 rings (SSSR count). The van der Waals surface area contributed by atoms with E-state index in [1.807, 2.05) is 67.4 Å². The van der Waals surface area contributed by atoms with Crippen LogP contribution in [0.2, 0.25) is 0 Å². The van der Waals surface area contributed by atoms with Crippen LogP contribution in [0.15, 0.2) is 51.6 Å². The number of nitrogens with zero attached hydrogens (tertiary/aromatic N) is 3. The minimum atomic E-state index is -0.427. The molecule has 0 spiro atoms. The molecule has 1 unspecified atom stereocenters. The number of carbonyl (C=O) groups excluding carboxylic acids is 2. The number of hydrogen-bond acceptors (Lipinski definition) is 8. The molecular weight excluding hydrogens is 440 g/mol. The van der Waals surface area contributed by atoms with Crippen molar-refractivity contribution in [3.8, 4) is 0 Å². The monoisotopic (exact) mass is 472 g/mol. The number of fused-ring (bicyclic) bond motifs is 1. The number of rotatable bonds is 10. The summed E-state index contributed by atoms with van der Waals surface area (Å²) in [5.41, 5.74) is 3.96. The van der Waals surface area contributed by atoms with Crippen molar-refractivity contribution in [2.75, 3.05) is 47.5 Å². The molecule has 0 saturated heterocycles. The first kappa shape index (κ1) is 25.0. The lowest BCUT2D eigenvalue weighted by Crippen LogP contribution is -2.38. The van der Waals surface area contributed by atoms with Gasteiger partial charge >= 0.3 is 5.97 Å². The fraction of sp³-hybridized carbons (Fsp3) is 0.458. The number of benzene rings is 1. The molecule has 1 aromatic rings. The maximum atomic E-state index is 13.1. The van der Waals surface area contributed by atoms with Crippen LogP contribution in [-0.4, -0.2) is 74.4 Å². The second-order valence-electron chi connectivity index (χ2n) is 8.26. The van der Waals surface area contributed by atoms with Gasteiger partial charge in [-0.3, -0.25) is 4.79 Å². The van der Waals surface area contributed by atoms with Crippen LogP contribution in [0.1, 0.15) is 30.5 Å². The highest BCUT2D eigenvalue weighted by Crippen LogP contribution is 2.44. The Kier molecular flexibility index (Phi) is 8.71. The van der Waals surface area contributed by atoms with Gasteiger partial charge in [-0.1, -0.05) is 41.6 Å². The normalized spacial score (nSPS) is 17.6. The third-order valence-electron chi connectivity index (χ3n) is 5.36. The smallest absolute Gasteiger partial charge is 0.338 e. The zero-order chi connectivity index (χ0) is 24.0. The van der Waals surface area contributed by atoms with E-state index in [1.54, 1.807) is 7.11 Å². The van der Waals surface area contributed by atoms with Gasteiger partial charge in [0.2, 0.25) is 5.91 Å². The maximum absolute atomic E-state index is 13.1. The molecule has 8 nitrogen and oxygen atoms in total. The number of amidine groups is 1. The van der Waals surface area contributed by atoms with Crippen LogP contribution >= 0.6 is 11.8 Å². The topological polar surface area (TPSA) is 83.5 Å². The van der Waals surface area contributed by atoms with Gasteiger partial charge in [-0.15, -0.1) is 0 Å². The molecule has 9 heteroatoms. The fourth-order valence-electron chi connectivity index (χ4n) is 3.64. The average Bonchev–Trinajstić information content (AvgIpc) is 3.15. The Morgan fingerprint density at radius 3 is 2.58 bits per heavy atom. The average molecular weight is 473 g/mol. The number of amides is 1. The van der Waals surface area contributed by atoms with Crippen molar-refractivity contribution in [1.29, 1.82) is 0 Å². The summed E-state index contributed by atoms with van der Waals surface area (Å²) < 4.78 is 10.5. The third-order valence-corrected chi connectivity index (χ3v) is 6.25. The summed E-state index contributed by atoms with van der Waals surface area (Å²) in [5.74, 6) is -0.493. The molecule has 1 aromatic carbocycles. The molecule has 33 heavy (non-hydrogen) atoms. The van der Waals surface area contributed by atoms with E-state index >= 15 is 0 Å². The van der Waals surface area contributed by atoms with Gasteiger partial charge in [0.1, 0.15) is 6.61 Å². The lowest BCUT2D eigenvalue weighted by Gasteiger charge is -2.36. The number of aryl methyl sites for hydroxylation is 1. The Balaban J connectivity index is 1.89. The second kappa shape index (κ2) is 11.5. The van der Waals surface area contributed by atoms with Gasteiger partial charge in [-0.05, 0) is 38.9 Å². The number of ether oxygens (including phenoxy) is 2. The van der Waals surface area contributed by atoms with E-state index in [4.69, 9.17) is 9.47 Å². The Bertz CT molecular complexity index is 969. The first-order valence-electron chi connectivity index (χ1n) is 10.9. The summed E-state index contributed by atoms with van der Waals surface area (Å²) in [6, 6.07) is 7.63. The van der Waals surface area contributed by atoms with Crippen molar-refractivity contribution in [3.63, 3.8) is 0 Å². The largest absolute Gasteiger partial charge is 0.460 e. The number of hydrogen-bond donors (Lipinski definition) is 1. The first-order valence-corrected chi connectivity index (χ1v) is 11.8. The Morgan fingerprint density at radius 1 is 1.18 bits per heavy atom. The van der Waals surface area contributed by atoms with Crippen molar-refractivity contribution < 1.29 is 19.1 Å². The quantitative estimate of drug-likeness (QED) is 0.414. The molecule has 2 aliphatic rings. The minimum absolute atomic E-state index is 0.0666. The number of carbonyl (C=O) groups is 2. The van der Waals surface area contributed by atoms with Gasteiger partial charge in [-0.2, -0.15) is 0 Å². The highest BCUT2D eigenvalue weighted by atomic mass is 32.2. The predicted octanol–water partition coefficient (Wildman–Crippen LogP) is 2.83. The molecule has 0 aliphatic carbocycles. The van der Waals surface area contributed by atoms with Crippen molar-refractivity contribution in [2.24, 2.45) is 4.99 Å². The van der Waals surface area contributed by atoms with Crippen LogP contribution in [0, 0.1) is 6.92 Å². The van der Waals surface area contributed by atoms with Crippen LogP contribution in [0.3, 0.4) is 0 Å². The van der Waals surface area contributed by atoms with Crippen LogP contribution < -0.4 is 5.32 Å². The van der Waals surface area contributed by atoms with Crippen LogP contribution in [-0.2, 0) is 19.1 Å². The molecule has 2 aliphatic heterocycles. The number of likely N-dealkylation sites (N-methyl/N-ethyl adjacent to an activating group) is 1. The Labute approximate surface area is 199 Å². The van der Waals surface area contributed by atoms with E-state index in [9.17, 15) is 9.59 Å². The minimum Gasteiger partial charge on any atom is -0.460 e. The molecular formula is C24H32N4O4S. The number of methoxy groups -OCH3 is 1. The molecule has 0 radical (unpaired) electrons. The van der Waals surface area contributed by atoms with Gasteiger partial charge in [0.05, 0.1) is 30.3 Å². The molecule has 0 bridgehead atoms. The molecule has 178 valence electrons. The van der Waals surface area contributed by atoms with Gasteiger partial charge in [0.25, 0.3) is 0 Å². The number of nitrogens with one attached hydrogen (secondary N) is 1. The number of allylic oxidation sites excluding steroid dienone is 1. The van der Waals surface area contributed by atoms with Gasteiger partial charge in [-0.25, -0.2) is 9.79 Å². The standard InChI is InChI=1S/C24H32N4O4S/c1-16-6-8-18(9-7-16)22-21(23(30)32-13-12-31-5)17(2)26-24-28(22)19(15-33-24)14-20(29)25-10-11-27(3)4/h6-9,15,22H,10-14H2,1-5H3,(H,25,29). The molecule has 1 N–H and O–H groups in total. The van der Waals surface area contributed by atoms with Crippen molar-refractivity contribution in [3.05, 3.63) is 57.8 Å². The predicted molar refractivity (Wildman–Crippen MR) is 131 cm³/mol. The van der Waals surface area contributed by atoms with Crippen molar-refractivity contribution in [1.82, 2.24) is 15.1 Å². The number of esters is 1. The van der Waals surface area contributed by atoms with Crippen molar-refractivity contribution in [2.45, 2.75) is 26.3 Å². The lowest BCUT2D eigenvalue weighted by molar-refractivity contribution is -0.141. The van der Waals surface area contributed by atoms with Gasteiger partial charge in [0, 0.05) is 25.9 Å². The van der Waals surface area contributed by atoms with Crippen LogP contribution in [0.4, 0.5) is 0 Å². The molecule has 0 fully saturated rings. The summed E-state index contributed by atoms with van der Waals surface area (Å²) >= 11 is 1.47. The number of aliphatic imine (C=N–C) groups is 1. The summed E-state index contributed by atoms with van der Waals surface area (Å²) in [7, 11) is 5.49. The van der Waals surface area contributed by atoms with E-state index in [1.165, 1.54) is 11.8 Å². The molecule has 0 aromatic heterocycles. The highest BCUT2D eigenvalue weighted by Gasteiger charge is 2.41. The summed E-state index contributed by atoms with van der Waals surface area (Å²) in [6.45, 7) is 5.67. The van der Waals surface area contributed by atoms with Gasteiger partial charge in [0.15, 0.2) is 5.17 Å². The van der Waals surface area contributed by atoms with E-state index in [2.05, 4.69) is 10.3 Å². The fourth-order valence-corrected chi connectivity index (χ4v) is 4.60. The van der Waals surface area contributed by atoms with Gasteiger partial charge < -0.3 is 24.6 Å². The zero-order valence-electron chi connectivity index (χ0n) is 19.9. The van der Waals surface area contributed by atoms with E-state index in [-0.39, 0.29) is 18.9 Å². The Morgan fingerprint density at radius 2 is 1.91 bits per heavy atom. The van der Waals surface area contributed by atoms with E-state index in [0.717, 1.165) is 28.5 Å². The SMILES string of the molecule is COCCOC(=O)C1=C(C)N=C2SC=C(CC(=O)NCCN(C)C)N2C1c1ccc(C)cc1. The van der Waals surface area contributed by atoms with Crippen LogP contribution in [0.5, 0.6) is 0 Å². The molecule has 1 atom stereocenters. The van der Waals surface area contributed by atoms with Crippen LogP contribution in [0.25, 0.3) is 0 Å². The van der Waals surface area contributed by atoms with E-state index in [0.29, 0.717) is 24.4 Å². The summed E-state index contributed by atoms with van der Waals surface area (Å²) in [5, 5.41) is 5.66. The Hall–Kier alpha value is -2.62. The van der Waals surface area contributed by atoms with E-state index < -0.39 is 12.0 Å². The summed E-state index contributed by atoms with van der Waals surface area (Å²) in [6.07, 6.45) is 0.201. The maximum Gasteiger partial charge on any atom is 0.338 e. The van der Waals surface area contributed by atoms with Crippen molar-refractivity contribution >= 4 is 28.8 Å². The molecule has 0 saturated carbocycles. The second-order valence-corrected chi connectivity index (χ2v) is 9.10. The molecule has 2 heterocycles. The zero-order valence-corrected chi connectivity index (χ0v) is 20.7. The third kappa shape index (κ3) is 6.25. The summed E-state index contributed by atoms with van der Waals surface area (Å²) in [4.78, 5) is 34.4.